The van der Waals surface area contributed by atoms with Gasteiger partial charge in [-0.25, -0.2) is 0 Å². The Bertz CT molecular complexity index is 1450. The van der Waals surface area contributed by atoms with Gasteiger partial charge >= 0.3 is 0 Å². The number of rotatable bonds is 69. The van der Waals surface area contributed by atoms with E-state index < -0.39 is 20.0 Å². The van der Waals surface area contributed by atoms with Crippen LogP contribution in [0.3, 0.4) is 0 Å². The first-order valence-corrected chi connectivity index (χ1v) is 38.3. The highest BCUT2D eigenvalue weighted by molar-refractivity contribution is 7.45. The van der Waals surface area contributed by atoms with Gasteiger partial charge in [-0.1, -0.05) is 352 Å². The number of likely N-dealkylation sites (N-methyl/N-ethyl adjacent to an activating group) is 1. The minimum atomic E-state index is -4.61. The zero-order chi connectivity index (χ0) is 60.5. The van der Waals surface area contributed by atoms with E-state index in [0.717, 1.165) is 38.5 Å². The molecule has 0 aliphatic carbocycles. The molecule has 0 aromatic rings. The van der Waals surface area contributed by atoms with Gasteiger partial charge in [0.15, 0.2) is 0 Å². The molecule has 9 heteroatoms. The second-order valence-electron chi connectivity index (χ2n) is 26.6. The lowest BCUT2D eigenvalue weighted by Gasteiger charge is -2.29. The Hall–Kier alpha value is -1.28. The highest BCUT2D eigenvalue weighted by Crippen LogP contribution is 2.38. The van der Waals surface area contributed by atoms with Crippen LogP contribution in [0.4, 0.5) is 0 Å². The van der Waals surface area contributed by atoms with Gasteiger partial charge in [0.05, 0.1) is 39.9 Å². The SMILES string of the molecule is CCCCCCCCCC/C=C\CCCCCCCCCCCCCCCCCCCC(=O)NC(COP(=O)([O-])OCC[N+](C)(C)C)C(O)/C=C/CC/C=C/CCCCCCCCCCCCCCCCCCCCCCCCCCCC. The number of phosphoric acid groups is 1. The third-order valence-corrected chi connectivity index (χ3v) is 18.0. The largest absolute Gasteiger partial charge is 0.756 e. The molecule has 0 aromatic heterocycles. The van der Waals surface area contributed by atoms with E-state index in [0.29, 0.717) is 17.4 Å². The molecule has 3 unspecified atom stereocenters. The maximum atomic E-state index is 13.0. The van der Waals surface area contributed by atoms with Crippen LogP contribution >= 0.6 is 7.82 Å². The summed E-state index contributed by atoms with van der Waals surface area (Å²) in [5, 5.41) is 14.0. The number of nitrogens with zero attached hydrogens (tertiary/aromatic N) is 1. The smallest absolute Gasteiger partial charge is 0.268 e. The normalized spacial score (nSPS) is 13.8. The number of quaternary nitrogens is 1. The number of nitrogens with one attached hydrogen (secondary N) is 1. The molecule has 0 fully saturated rings. The van der Waals surface area contributed by atoms with Crippen molar-refractivity contribution in [2.45, 2.75) is 392 Å². The lowest BCUT2D eigenvalue weighted by atomic mass is 10.0. The first-order valence-electron chi connectivity index (χ1n) is 36.9. The molecule has 2 N–H and O–H groups in total. The van der Waals surface area contributed by atoms with Gasteiger partial charge in [0.25, 0.3) is 7.82 Å². The van der Waals surface area contributed by atoms with Gasteiger partial charge in [-0.05, 0) is 57.8 Å². The van der Waals surface area contributed by atoms with E-state index in [1.54, 1.807) is 6.08 Å². The quantitative estimate of drug-likeness (QED) is 0.0272. The van der Waals surface area contributed by atoms with Crippen LogP contribution in [0.2, 0.25) is 0 Å². The van der Waals surface area contributed by atoms with E-state index in [9.17, 15) is 19.4 Å². The van der Waals surface area contributed by atoms with Crippen LogP contribution in [0.1, 0.15) is 380 Å². The molecule has 8 nitrogen and oxygen atoms in total. The van der Waals surface area contributed by atoms with Gasteiger partial charge < -0.3 is 28.8 Å². The van der Waals surface area contributed by atoms with Crippen molar-refractivity contribution in [3.05, 3.63) is 36.5 Å². The van der Waals surface area contributed by atoms with Crippen molar-refractivity contribution in [2.24, 2.45) is 0 Å². The molecule has 3 atom stereocenters. The van der Waals surface area contributed by atoms with Crippen LogP contribution < -0.4 is 10.2 Å². The summed E-state index contributed by atoms with van der Waals surface area (Å²) in [7, 11) is 1.26. The standard InChI is InChI=1S/C74H145N2O6P/c1-6-8-10-12-14-16-18-20-22-24-26-28-30-32-34-36-37-38-40-41-43-45-47-49-51-53-55-57-59-61-63-65-67-73(77)72(71-82-83(79,80)81-70-69-76(3,4)5)75-74(78)68-66-64-62-60-58-56-54-52-50-48-46-44-42-39-35-33-31-29-27-25-23-21-19-17-15-13-11-9-7-2/h25,27,57,59,65,67,72-73,77H,6-24,26,28-56,58,60-64,66,68-71H2,1-5H3,(H-,75,78,79,80)/b27-25-,59-57+,67-65+. The minimum Gasteiger partial charge on any atom is -0.756 e. The fourth-order valence-corrected chi connectivity index (χ4v) is 12.1. The fraction of sp³-hybridized carbons (Fsp3) is 0.905. The highest BCUT2D eigenvalue weighted by atomic mass is 31.2. The Morgan fingerprint density at radius 2 is 0.675 bits per heavy atom. The summed E-state index contributed by atoms with van der Waals surface area (Å²) in [4.78, 5) is 25.6. The van der Waals surface area contributed by atoms with Gasteiger partial charge in [-0.2, -0.15) is 0 Å². The van der Waals surface area contributed by atoms with Gasteiger partial charge in [0.2, 0.25) is 5.91 Å². The van der Waals surface area contributed by atoms with E-state index in [1.165, 1.54) is 321 Å². The molecule has 0 saturated carbocycles. The van der Waals surface area contributed by atoms with Crippen LogP contribution in [0.5, 0.6) is 0 Å². The van der Waals surface area contributed by atoms with Crippen molar-refractivity contribution in [1.82, 2.24) is 5.32 Å². The average molecular weight is 1190 g/mol. The van der Waals surface area contributed by atoms with E-state index >= 15 is 0 Å². The van der Waals surface area contributed by atoms with Gasteiger partial charge in [0.1, 0.15) is 13.2 Å². The zero-order valence-corrected chi connectivity index (χ0v) is 57.3. The Labute approximate surface area is 518 Å². The molecule has 0 spiro atoms. The molecular weight excluding hydrogens is 1040 g/mol. The van der Waals surface area contributed by atoms with Crippen molar-refractivity contribution in [2.75, 3.05) is 40.9 Å². The predicted molar refractivity (Wildman–Crippen MR) is 362 cm³/mol. The van der Waals surface area contributed by atoms with Crippen LogP contribution in [0.25, 0.3) is 0 Å². The van der Waals surface area contributed by atoms with Crippen molar-refractivity contribution in [3.63, 3.8) is 0 Å². The molecule has 0 heterocycles. The van der Waals surface area contributed by atoms with Crippen molar-refractivity contribution in [3.8, 4) is 0 Å². The molecule has 83 heavy (non-hydrogen) atoms. The molecule has 0 aromatic carbocycles. The number of unbranched alkanes of at least 4 members (excludes halogenated alkanes) is 52. The third kappa shape index (κ3) is 68.1. The molecule has 0 rings (SSSR count). The van der Waals surface area contributed by atoms with E-state index in [4.69, 9.17) is 9.05 Å². The number of amides is 1. The summed E-state index contributed by atoms with van der Waals surface area (Å²) >= 11 is 0. The lowest BCUT2D eigenvalue weighted by Crippen LogP contribution is -2.45. The second kappa shape index (κ2) is 65.2. The number of hydrogen-bond acceptors (Lipinski definition) is 6. The zero-order valence-electron chi connectivity index (χ0n) is 56.4. The molecule has 1 amide bonds. The number of aliphatic hydroxyl groups is 1. The van der Waals surface area contributed by atoms with Crippen LogP contribution in [0, 0.1) is 0 Å². The fourth-order valence-electron chi connectivity index (χ4n) is 11.3. The summed E-state index contributed by atoms with van der Waals surface area (Å²) in [5.41, 5.74) is 0. The van der Waals surface area contributed by atoms with E-state index in [1.807, 2.05) is 27.2 Å². The second-order valence-corrected chi connectivity index (χ2v) is 28.1. The summed E-state index contributed by atoms with van der Waals surface area (Å²) in [6.45, 7) is 4.69. The number of phosphoric ester groups is 1. The average Bonchev–Trinajstić information content (AvgIpc) is 3.50. The van der Waals surface area contributed by atoms with Crippen molar-refractivity contribution in [1.29, 1.82) is 0 Å². The molecule has 0 aliphatic rings. The van der Waals surface area contributed by atoms with E-state index in [2.05, 4.69) is 43.5 Å². The van der Waals surface area contributed by atoms with E-state index in [-0.39, 0.29) is 19.1 Å². The Morgan fingerprint density at radius 1 is 0.410 bits per heavy atom. The first-order chi connectivity index (χ1) is 40.5. The van der Waals surface area contributed by atoms with Crippen molar-refractivity contribution >= 4 is 13.7 Å². The molecule has 492 valence electrons. The van der Waals surface area contributed by atoms with Crippen LogP contribution in [0.15, 0.2) is 36.5 Å². The Kier molecular flexibility index (Phi) is 64.2. The number of carbonyl (C=O) groups excluding carboxylic acids is 1. The molecular formula is C74H145N2O6P. The summed E-state index contributed by atoms with van der Waals surface area (Å²) in [6, 6.07) is -0.904. The third-order valence-electron chi connectivity index (χ3n) is 17.1. The first kappa shape index (κ1) is 81.7. The number of aliphatic hydroxyl groups excluding tert-OH is 1. The van der Waals surface area contributed by atoms with Crippen molar-refractivity contribution < 1.29 is 32.9 Å². The molecule has 0 saturated heterocycles. The van der Waals surface area contributed by atoms with Gasteiger partial charge in [0, 0.05) is 6.42 Å². The highest BCUT2D eigenvalue weighted by Gasteiger charge is 2.23. The summed E-state index contributed by atoms with van der Waals surface area (Å²) < 4.78 is 23.5. The summed E-state index contributed by atoms with van der Waals surface area (Å²) in [5.74, 6) is -0.200. The number of carbonyl (C=O) groups is 1. The lowest BCUT2D eigenvalue weighted by molar-refractivity contribution is -0.870. The maximum Gasteiger partial charge on any atom is 0.268 e. The van der Waals surface area contributed by atoms with Crippen LogP contribution in [-0.2, 0) is 18.4 Å². The van der Waals surface area contributed by atoms with Gasteiger partial charge in [-0.15, -0.1) is 0 Å². The maximum absolute atomic E-state index is 13.0. The molecule has 0 radical (unpaired) electrons. The topological polar surface area (TPSA) is 108 Å². The monoisotopic (exact) mass is 1190 g/mol. The van der Waals surface area contributed by atoms with Gasteiger partial charge in [-0.3, -0.25) is 9.36 Å². The number of hydrogen-bond donors (Lipinski definition) is 2. The molecule has 0 bridgehead atoms. The molecule has 0 aliphatic heterocycles. The summed E-state index contributed by atoms with van der Waals surface area (Å²) in [6.07, 6.45) is 87.2. The van der Waals surface area contributed by atoms with Crippen LogP contribution in [-0.4, -0.2) is 68.5 Å². The number of allylic oxidation sites excluding steroid dienone is 5. The predicted octanol–water partition coefficient (Wildman–Crippen LogP) is 23.0. The Balaban J connectivity index is 4.05. The minimum absolute atomic E-state index is 0.00456. The Morgan fingerprint density at radius 3 is 0.976 bits per heavy atom.